The minimum absolute atomic E-state index is 0. The van der Waals surface area contributed by atoms with Crippen LogP contribution in [-0.4, -0.2) is 80.1 Å². The number of carboxylic acid groups (broad SMARTS) is 1. The number of sulfone groups is 4. The lowest BCUT2D eigenvalue weighted by atomic mass is 10.1. The molecule has 0 aliphatic carbocycles. The summed E-state index contributed by atoms with van der Waals surface area (Å²) in [5, 5.41) is 15.0. The molecule has 116 heavy (non-hydrogen) atoms. The van der Waals surface area contributed by atoms with Crippen LogP contribution in [0, 0.1) is 0 Å². The van der Waals surface area contributed by atoms with Crippen molar-refractivity contribution in [3.05, 3.63) is 352 Å². The number of aromatic carboxylic acids is 1. The number of hydrogen-bond acceptors (Lipinski definition) is 15. The highest BCUT2D eigenvalue weighted by Gasteiger charge is 2.22. The molecule has 606 valence electrons. The third-order valence-corrected chi connectivity index (χ3v) is 25.4. The molecular weight excluding hydrogens is 1820 g/mol. The second kappa shape index (κ2) is 44.5. The minimum Gasteiger partial charge on any atom is -0.478 e. The number of nitrogens with one attached hydrogen (secondary N) is 1. The molecule has 0 saturated carbocycles. The van der Waals surface area contributed by atoms with Crippen LogP contribution in [0.15, 0.2) is 287 Å². The van der Waals surface area contributed by atoms with Crippen LogP contribution >= 0.6 is 126 Å². The van der Waals surface area contributed by atoms with Gasteiger partial charge < -0.3 is 28.0 Å². The Bertz CT molecular complexity index is 5610. The first-order valence-electron chi connectivity index (χ1n) is 33.1. The Morgan fingerprint density at radius 2 is 0.578 bits per heavy atom. The van der Waals surface area contributed by atoms with Crippen molar-refractivity contribution < 1.29 is 62.2 Å². The topological polar surface area (TPSA) is 341 Å². The lowest BCUT2D eigenvalue weighted by molar-refractivity contribution is 0.0695. The lowest BCUT2D eigenvalue weighted by Crippen LogP contribution is -2.18. The quantitative estimate of drug-likeness (QED) is 0.0443. The molecule has 0 bridgehead atoms. The summed E-state index contributed by atoms with van der Waals surface area (Å²) in [6.07, 6.45) is 0. The maximum absolute atomic E-state index is 12.8. The zero-order valence-electron chi connectivity index (χ0n) is 60.5. The van der Waals surface area contributed by atoms with Gasteiger partial charge in [0.05, 0.1) is 48.2 Å². The van der Waals surface area contributed by atoms with Gasteiger partial charge in [0, 0.05) is 108 Å². The van der Waals surface area contributed by atoms with Crippen molar-refractivity contribution in [1.29, 1.82) is 0 Å². The number of nitrogens with two attached hydrogens (primary N) is 2. The average molecular weight is 1880 g/mol. The van der Waals surface area contributed by atoms with Crippen molar-refractivity contribution in [3.8, 4) is 44.5 Å². The van der Waals surface area contributed by atoms with Gasteiger partial charge in [-0.2, -0.15) is 0 Å². The van der Waals surface area contributed by atoms with E-state index >= 15 is 0 Å². The number of carboxylic acids is 1. The zero-order valence-corrected chi connectivity index (χ0v) is 72.9. The molecule has 0 aliphatic heterocycles. The fourth-order valence-corrected chi connectivity index (χ4v) is 18.3. The zero-order chi connectivity index (χ0) is 84.7. The van der Waals surface area contributed by atoms with E-state index in [1.165, 1.54) is 86.9 Å². The molecule has 0 radical (unpaired) electrons. The monoisotopic (exact) mass is 1880 g/mol. The van der Waals surface area contributed by atoms with Gasteiger partial charge in [-0.15, -0.1) is 0 Å². The van der Waals surface area contributed by atoms with Gasteiger partial charge in [0.1, 0.15) is 0 Å². The Kier molecular flexibility index (Phi) is 37.1. The molecule has 12 aromatic rings. The van der Waals surface area contributed by atoms with E-state index in [0.29, 0.717) is 68.0 Å². The van der Waals surface area contributed by atoms with Crippen LogP contribution < -0.4 is 22.9 Å². The van der Waals surface area contributed by atoms with Crippen molar-refractivity contribution >= 4 is 197 Å². The maximum atomic E-state index is 12.8. The van der Waals surface area contributed by atoms with Gasteiger partial charge in [-0.25, -0.2) is 42.7 Å². The first kappa shape index (κ1) is 96.6. The van der Waals surface area contributed by atoms with Crippen LogP contribution in [0.1, 0.15) is 63.7 Å². The van der Waals surface area contributed by atoms with Gasteiger partial charge in [-0.1, -0.05) is 220 Å². The molecule has 0 spiro atoms. The van der Waals surface area contributed by atoms with Crippen LogP contribution in [0.3, 0.4) is 0 Å². The van der Waals surface area contributed by atoms with Crippen LogP contribution in [-0.2, 0) is 71.6 Å². The number of halogens is 11. The summed E-state index contributed by atoms with van der Waals surface area (Å²) in [5.74, 6) is -2.89. The number of hydrogen-bond donors (Lipinski definition) is 5. The summed E-state index contributed by atoms with van der Waals surface area (Å²) in [5.41, 5.74) is 18.9. The van der Waals surface area contributed by atoms with Crippen molar-refractivity contribution in [3.63, 3.8) is 0 Å². The SMILES string of the molecule is CN.CNC(=O)c1cccc(CS(=O)(=O)c2ccc(-c3ccc(Cl)cc3Cl)cc2)c1.N.NC(=O)c1cccc(CS(=O)(=O)c2ccc(-c3ccc(Cl)cc3Cl)cc2)c1.O=C(Cl)c1cccc(CS(=O)(=O)c2ccc(-c3ccc(Cl)cc3Cl)cc2)c1.O=C(O)c1cccc(CS(=O)(=O)c2ccc(-c3ccc(Cl)cc3Cl)cc2)c1.O=S(Cl)Cl. The highest BCUT2D eigenvalue weighted by Crippen LogP contribution is 2.37. The number of carbonyl (C=O) groups is 4. The number of rotatable bonds is 20. The Hall–Kier alpha value is -8.22. The summed E-state index contributed by atoms with van der Waals surface area (Å²) >= 11 is 53.9. The number of primary amides is 1. The molecule has 34 heteroatoms. The van der Waals surface area contributed by atoms with E-state index in [4.69, 9.17) is 119 Å². The molecule has 12 aromatic carbocycles. The summed E-state index contributed by atoms with van der Waals surface area (Å²) in [6.45, 7) is 0. The molecule has 0 unspecified atom stereocenters. The molecule has 18 nitrogen and oxygen atoms in total. The maximum Gasteiger partial charge on any atom is 0.335 e. The summed E-state index contributed by atoms with van der Waals surface area (Å²) in [6, 6.07) is 71.4. The Morgan fingerprint density at radius 3 is 0.810 bits per heavy atom. The minimum atomic E-state index is -3.62. The van der Waals surface area contributed by atoms with E-state index in [9.17, 15) is 52.8 Å². The van der Waals surface area contributed by atoms with E-state index in [-0.39, 0.29) is 71.3 Å². The van der Waals surface area contributed by atoms with Crippen LogP contribution in [0.25, 0.3) is 44.5 Å². The second-order valence-electron chi connectivity index (χ2n) is 24.1. The molecule has 9 N–H and O–H groups in total. The molecule has 0 fully saturated rings. The Morgan fingerprint density at radius 1 is 0.353 bits per heavy atom. The first-order chi connectivity index (χ1) is 54.3. The molecule has 0 heterocycles. The molecule has 0 aliphatic rings. The molecule has 0 saturated heterocycles. The van der Waals surface area contributed by atoms with Gasteiger partial charge in [0.15, 0.2) is 39.3 Å². The highest BCUT2D eigenvalue weighted by molar-refractivity contribution is 8.26. The summed E-state index contributed by atoms with van der Waals surface area (Å²) in [4.78, 5) is 46.0. The standard InChI is InChI=1S/C21H17Cl2NO3S.C20H13Cl3O3S.C20H15Cl2NO3S.C20H14Cl2O4S.CH5N.Cl2OS.H3N/c1-24-21(25)16-4-2-3-14(11-16)13-28(26,27)18-8-5-15(6-9-18)19-10-7-17(22)12-20(19)23;3*21-16-6-9-18(19(22)11-16)14-4-7-17(8-5-14)27(25,26)12-13-2-1-3-15(10-13)20(23)24;1-2;1-4(2)3;/h2-12H,13H2,1H3,(H,24,25);1-11H,12H2;1-11H,12H2,(H2,23,24);1-11H,12H2,(H,23,24);2H2,1H3;;1H3. The van der Waals surface area contributed by atoms with Crippen molar-refractivity contribution in [2.24, 2.45) is 11.5 Å². The van der Waals surface area contributed by atoms with E-state index in [1.807, 2.05) is 0 Å². The molecule has 12 rings (SSSR count). The van der Waals surface area contributed by atoms with E-state index in [1.54, 1.807) is 194 Å². The van der Waals surface area contributed by atoms with Crippen molar-refractivity contribution in [2.75, 3.05) is 14.1 Å². The van der Waals surface area contributed by atoms with Crippen LogP contribution in [0.2, 0.25) is 40.2 Å². The van der Waals surface area contributed by atoms with Crippen LogP contribution in [0.4, 0.5) is 0 Å². The lowest BCUT2D eigenvalue weighted by Gasteiger charge is -2.09. The van der Waals surface area contributed by atoms with E-state index < -0.39 is 65.7 Å². The molecule has 2 amide bonds. The Balaban J connectivity index is 0.000000234. The smallest absolute Gasteiger partial charge is 0.335 e. The number of benzene rings is 12. The van der Waals surface area contributed by atoms with Crippen molar-refractivity contribution in [2.45, 2.75) is 42.6 Å². The second-order valence-corrected chi connectivity index (χ2v) is 38.3. The normalized spacial score (nSPS) is 11.0. The fourth-order valence-electron chi connectivity index (χ4n) is 10.8. The highest BCUT2D eigenvalue weighted by atomic mass is 36.0. The number of carbonyl (C=O) groups excluding carboxylic acids is 3. The van der Waals surface area contributed by atoms with Gasteiger partial charge in [0.25, 0.3) is 11.1 Å². The molecule has 0 aromatic heterocycles. The third-order valence-electron chi connectivity index (χ3n) is 16.2. The van der Waals surface area contributed by atoms with Gasteiger partial charge >= 0.3 is 5.97 Å². The Labute approximate surface area is 728 Å². The molecule has 0 atom stereocenters. The van der Waals surface area contributed by atoms with E-state index in [2.05, 4.69) is 32.4 Å². The van der Waals surface area contributed by atoms with Gasteiger partial charge in [0.2, 0.25) is 15.1 Å². The summed E-state index contributed by atoms with van der Waals surface area (Å²) < 4.78 is 111. The predicted octanol–water partition coefficient (Wildman–Crippen LogP) is 21.9. The van der Waals surface area contributed by atoms with Crippen molar-refractivity contribution in [1.82, 2.24) is 11.5 Å². The predicted molar refractivity (Wildman–Crippen MR) is 471 cm³/mol. The largest absolute Gasteiger partial charge is 0.478 e. The van der Waals surface area contributed by atoms with Crippen LogP contribution in [0.5, 0.6) is 0 Å². The average Bonchev–Trinajstić information content (AvgIpc) is 0.818. The van der Waals surface area contributed by atoms with Gasteiger partial charge in [-0.3, -0.25) is 14.4 Å². The number of amides is 2. The third kappa shape index (κ3) is 28.5. The van der Waals surface area contributed by atoms with Gasteiger partial charge in [-0.05, 0) is 203 Å². The van der Waals surface area contributed by atoms with E-state index in [0.717, 1.165) is 44.5 Å². The molecular formula is C82H67Cl11N4O14S5. The summed E-state index contributed by atoms with van der Waals surface area (Å²) in [7, 11) is -3.95. The fraction of sp³-hybridized carbons (Fsp3) is 0.0732. The first-order valence-corrected chi connectivity index (χ1v) is 45.9.